The Morgan fingerprint density at radius 1 is 1.43 bits per heavy atom. The van der Waals surface area contributed by atoms with Crippen molar-refractivity contribution in [2.45, 2.75) is 26.1 Å². The predicted octanol–water partition coefficient (Wildman–Crippen LogP) is 0.979. The number of methoxy groups -OCH3 is 1. The Hall–Kier alpha value is -1.30. The maximum atomic E-state index is 12.1. The molecule has 0 radical (unpaired) electrons. The number of nitrogens with one attached hydrogen (secondary N) is 2. The zero-order valence-electron chi connectivity index (χ0n) is 12.6. The molecule has 1 unspecified atom stereocenters. The van der Waals surface area contributed by atoms with E-state index < -0.39 is 0 Å². The standard InChI is InChI=1S/C15H21ClN2O3/c1-10-7-18(8-11(2)21-10)9-15(19)17-12-4-5-14(20-3)13(16)6-12/h4-6,10-11H,7-9H2,1-3H3,(H,17,19)/p+1/t10-,11+. The first-order chi connectivity index (χ1) is 9.97. The van der Waals surface area contributed by atoms with Crippen LogP contribution in [0, 0.1) is 0 Å². The number of anilines is 1. The van der Waals surface area contributed by atoms with Gasteiger partial charge in [0.2, 0.25) is 0 Å². The first-order valence-corrected chi connectivity index (χ1v) is 7.48. The topological polar surface area (TPSA) is 52.0 Å². The summed E-state index contributed by atoms with van der Waals surface area (Å²) in [6.45, 7) is 6.21. The SMILES string of the molecule is COc1ccc(NC(=O)C[NH+]2C[C@@H](C)O[C@@H](C)C2)cc1Cl. The molecule has 1 aromatic rings. The summed E-state index contributed by atoms with van der Waals surface area (Å²) >= 11 is 6.05. The summed E-state index contributed by atoms with van der Waals surface area (Å²) in [6.07, 6.45) is 0.374. The quantitative estimate of drug-likeness (QED) is 0.871. The molecule has 1 saturated heterocycles. The van der Waals surface area contributed by atoms with Crippen LogP contribution in [0.1, 0.15) is 13.8 Å². The van der Waals surface area contributed by atoms with Gasteiger partial charge in [-0.25, -0.2) is 0 Å². The fourth-order valence-electron chi connectivity index (χ4n) is 2.71. The summed E-state index contributed by atoms with van der Waals surface area (Å²) in [4.78, 5) is 13.3. The van der Waals surface area contributed by atoms with Gasteiger partial charge in [-0.3, -0.25) is 4.79 Å². The fourth-order valence-corrected chi connectivity index (χ4v) is 2.97. The normalized spacial score (nSPS) is 25.4. The predicted molar refractivity (Wildman–Crippen MR) is 82.2 cm³/mol. The second kappa shape index (κ2) is 7.11. The smallest absolute Gasteiger partial charge is 0.279 e. The molecule has 1 aliphatic rings. The number of hydrogen-bond acceptors (Lipinski definition) is 3. The van der Waals surface area contributed by atoms with Gasteiger partial charge in [0, 0.05) is 5.69 Å². The zero-order valence-corrected chi connectivity index (χ0v) is 13.4. The summed E-state index contributed by atoms with van der Waals surface area (Å²) < 4.78 is 10.8. The molecule has 1 heterocycles. The van der Waals surface area contributed by atoms with Gasteiger partial charge in [0.25, 0.3) is 5.91 Å². The van der Waals surface area contributed by atoms with E-state index >= 15 is 0 Å². The summed E-state index contributed by atoms with van der Waals surface area (Å²) in [5, 5.41) is 3.35. The minimum Gasteiger partial charge on any atom is -0.495 e. The van der Waals surface area contributed by atoms with Crippen molar-refractivity contribution in [1.29, 1.82) is 0 Å². The molecule has 2 rings (SSSR count). The molecule has 116 valence electrons. The molecule has 1 aliphatic heterocycles. The van der Waals surface area contributed by atoms with Crippen LogP contribution in [0.3, 0.4) is 0 Å². The molecule has 6 heteroatoms. The number of ether oxygens (including phenoxy) is 2. The van der Waals surface area contributed by atoms with Crippen LogP contribution in [-0.4, -0.2) is 44.9 Å². The highest BCUT2D eigenvalue weighted by atomic mass is 35.5. The number of rotatable bonds is 4. The summed E-state index contributed by atoms with van der Waals surface area (Å²) in [5.41, 5.74) is 0.680. The summed E-state index contributed by atoms with van der Waals surface area (Å²) in [5.74, 6) is 0.573. The second-order valence-electron chi connectivity index (χ2n) is 5.49. The number of morpholine rings is 1. The summed E-state index contributed by atoms with van der Waals surface area (Å²) in [7, 11) is 1.56. The van der Waals surface area contributed by atoms with E-state index in [1.165, 1.54) is 4.90 Å². The van der Waals surface area contributed by atoms with Gasteiger partial charge in [0.05, 0.1) is 12.1 Å². The number of amides is 1. The fraction of sp³-hybridized carbons (Fsp3) is 0.533. The van der Waals surface area contributed by atoms with Crippen molar-refractivity contribution in [2.24, 2.45) is 0 Å². The van der Waals surface area contributed by atoms with E-state index in [4.69, 9.17) is 21.1 Å². The number of benzene rings is 1. The molecule has 0 spiro atoms. The molecule has 0 aliphatic carbocycles. The van der Waals surface area contributed by atoms with Crippen LogP contribution in [0.25, 0.3) is 0 Å². The maximum Gasteiger partial charge on any atom is 0.279 e. The molecule has 0 saturated carbocycles. The lowest BCUT2D eigenvalue weighted by Gasteiger charge is -2.31. The lowest BCUT2D eigenvalue weighted by atomic mass is 10.2. The van der Waals surface area contributed by atoms with Gasteiger partial charge < -0.3 is 19.7 Å². The van der Waals surface area contributed by atoms with E-state index in [0.29, 0.717) is 23.0 Å². The highest BCUT2D eigenvalue weighted by Crippen LogP contribution is 2.26. The summed E-state index contributed by atoms with van der Waals surface area (Å²) in [6, 6.07) is 5.21. The van der Waals surface area contributed by atoms with E-state index in [-0.39, 0.29) is 18.1 Å². The molecule has 0 bridgehead atoms. The lowest BCUT2D eigenvalue weighted by molar-refractivity contribution is -0.907. The Balaban J connectivity index is 1.91. The number of hydrogen-bond donors (Lipinski definition) is 2. The van der Waals surface area contributed by atoms with Gasteiger partial charge in [-0.05, 0) is 32.0 Å². The van der Waals surface area contributed by atoms with Crippen molar-refractivity contribution >= 4 is 23.2 Å². The Bertz CT molecular complexity index is 500. The first kappa shape index (κ1) is 16.1. The van der Waals surface area contributed by atoms with Crippen LogP contribution in [0.15, 0.2) is 18.2 Å². The molecule has 1 amide bonds. The molecule has 1 aromatic carbocycles. The van der Waals surface area contributed by atoms with Gasteiger partial charge in [0.1, 0.15) is 31.0 Å². The van der Waals surface area contributed by atoms with Crippen molar-refractivity contribution in [3.05, 3.63) is 23.2 Å². The molecule has 1 fully saturated rings. The van der Waals surface area contributed by atoms with Crippen molar-refractivity contribution in [3.63, 3.8) is 0 Å². The first-order valence-electron chi connectivity index (χ1n) is 7.10. The van der Waals surface area contributed by atoms with Gasteiger partial charge in [0.15, 0.2) is 6.54 Å². The number of carbonyl (C=O) groups is 1. The van der Waals surface area contributed by atoms with Gasteiger partial charge in [-0.15, -0.1) is 0 Å². The molecular weight excluding hydrogens is 292 g/mol. The Labute approximate surface area is 130 Å². The van der Waals surface area contributed by atoms with Crippen LogP contribution in [0.2, 0.25) is 5.02 Å². The van der Waals surface area contributed by atoms with E-state index in [2.05, 4.69) is 5.32 Å². The van der Waals surface area contributed by atoms with Crippen LogP contribution < -0.4 is 15.0 Å². The lowest BCUT2D eigenvalue weighted by Crippen LogP contribution is -3.16. The Morgan fingerprint density at radius 2 is 2.10 bits per heavy atom. The minimum absolute atomic E-state index is 0.0208. The Morgan fingerprint density at radius 3 is 2.67 bits per heavy atom. The maximum absolute atomic E-state index is 12.1. The molecule has 2 N–H and O–H groups in total. The third kappa shape index (κ3) is 4.59. The molecule has 3 atom stereocenters. The highest BCUT2D eigenvalue weighted by Gasteiger charge is 2.27. The van der Waals surface area contributed by atoms with E-state index in [1.54, 1.807) is 25.3 Å². The van der Waals surface area contributed by atoms with Crippen LogP contribution >= 0.6 is 11.6 Å². The third-order valence-corrected chi connectivity index (χ3v) is 3.76. The molecule has 21 heavy (non-hydrogen) atoms. The molecular formula is C15H22ClN2O3+. The Kier molecular flexibility index (Phi) is 5.45. The third-order valence-electron chi connectivity index (χ3n) is 3.46. The van der Waals surface area contributed by atoms with Crippen molar-refractivity contribution in [2.75, 3.05) is 32.1 Å². The molecule has 5 nitrogen and oxygen atoms in total. The van der Waals surface area contributed by atoms with Gasteiger partial charge in [-0.2, -0.15) is 0 Å². The average Bonchev–Trinajstić information content (AvgIpc) is 2.37. The average molecular weight is 314 g/mol. The molecule has 0 aromatic heterocycles. The van der Waals surface area contributed by atoms with Crippen molar-refractivity contribution in [3.8, 4) is 5.75 Å². The van der Waals surface area contributed by atoms with Crippen LogP contribution in [-0.2, 0) is 9.53 Å². The van der Waals surface area contributed by atoms with Crippen molar-refractivity contribution < 1.29 is 19.2 Å². The second-order valence-corrected chi connectivity index (χ2v) is 5.90. The highest BCUT2D eigenvalue weighted by molar-refractivity contribution is 6.32. The monoisotopic (exact) mass is 313 g/mol. The van der Waals surface area contributed by atoms with Gasteiger partial charge in [-0.1, -0.05) is 11.6 Å². The minimum atomic E-state index is -0.0208. The van der Waals surface area contributed by atoms with Gasteiger partial charge >= 0.3 is 0 Å². The zero-order chi connectivity index (χ0) is 15.4. The number of carbonyl (C=O) groups excluding carboxylic acids is 1. The van der Waals surface area contributed by atoms with E-state index in [9.17, 15) is 4.79 Å². The van der Waals surface area contributed by atoms with Crippen LogP contribution in [0.4, 0.5) is 5.69 Å². The largest absolute Gasteiger partial charge is 0.495 e. The number of halogens is 1. The number of quaternary nitrogens is 1. The van der Waals surface area contributed by atoms with E-state index in [0.717, 1.165) is 13.1 Å². The van der Waals surface area contributed by atoms with Crippen molar-refractivity contribution in [1.82, 2.24) is 0 Å². The van der Waals surface area contributed by atoms with Crippen LogP contribution in [0.5, 0.6) is 5.75 Å². The van der Waals surface area contributed by atoms with E-state index in [1.807, 2.05) is 13.8 Å².